The Morgan fingerprint density at radius 1 is 0.720 bits per heavy atom. The summed E-state index contributed by atoms with van der Waals surface area (Å²) in [6.07, 6.45) is -6.10. The van der Waals surface area contributed by atoms with Crippen LogP contribution >= 0.6 is 0 Å². The van der Waals surface area contributed by atoms with Gasteiger partial charge >= 0.3 is 11.9 Å². The fourth-order valence-electron chi connectivity index (χ4n) is 4.60. The molecule has 8 nitrogen and oxygen atoms in total. The summed E-state index contributed by atoms with van der Waals surface area (Å²) in [5.74, 6) is -3.50. The monoisotopic (exact) mass is 698 g/mol. The Hall–Kier alpha value is -6.02. The summed E-state index contributed by atoms with van der Waals surface area (Å²) in [4.78, 5) is 28.3. The molecular formula is C36H28F6N2O6. The average molecular weight is 699 g/mol. The van der Waals surface area contributed by atoms with Crippen molar-refractivity contribution in [3.8, 4) is 23.0 Å². The molecule has 0 radical (unpaired) electrons. The number of carboxylic acids is 1. The number of hydrogen-bond acceptors (Lipinski definition) is 5. The molecule has 0 aromatic heterocycles. The number of aryl methyl sites for hydroxylation is 2. The molecule has 0 unspecified atom stereocenters. The molecule has 0 spiro atoms. The Morgan fingerprint density at radius 2 is 1.16 bits per heavy atom. The Labute approximate surface area is 283 Å². The van der Waals surface area contributed by atoms with E-state index >= 15 is 0 Å². The average Bonchev–Trinajstić information content (AvgIpc) is 3.06. The van der Waals surface area contributed by atoms with Crippen LogP contribution in [0.3, 0.4) is 0 Å². The van der Waals surface area contributed by atoms with E-state index in [9.17, 15) is 35.9 Å². The van der Waals surface area contributed by atoms with Gasteiger partial charge in [-0.1, -0.05) is 24.3 Å². The summed E-state index contributed by atoms with van der Waals surface area (Å²) in [5.41, 5.74) is -0.445. The zero-order valence-electron chi connectivity index (χ0n) is 26.3. The smallest absolute Gasteiger partial charge is 0.306 e. The highest BCUT2D eigenvalue weighted by Crippen LogP contribution is 2.38. The van der Waals surface area contributed by atoms with E-state index in [-0.39, 0.29) is 83.4 Å². The molecule has 4 aromatic rings. The number of carbonyl (C=O) groups is 2. The highest BCUT2D eigenvalue weighted by atomic mass is 19.3. The van der Waals surface area contributed by atoms with Gasteiger partial charge in [-0.05, 0) is 67.3 Å². The molecule has 0 aliphatic carbocycles. The standard InChI is InChI=1S/C19H16F3NO3.C17H12F3NO3/c1-3-25-17(24)8-7-12-5-4-6-16(18(12)19(21)22)26-15-10-13(20)9-14(11-15)23-2;1-21-12-7-11(18)8-13(9-12)24-14-4-2-3-10(5-6-15(22)23)16(14)17(19)20/h4-6,9-11,19H,3,7-8H2,1H3;2-4,7-9,17H,5-6H2,(H,22,23). The molecule has 4 rings (SSSR count). The minimum absolute atomic E-state index is 0.00272. The van der Waals surface area contributed by atoms with Crippen molar-refractivity contribution in [1.82, 2.24) is 0 Å². The molecule has 4 aromatic carbocycles. The first kappa shape index (κ1) is 38.4. The van der Waals surface area contributed by atoms with Gasteiger partial charge in [0.15, 0.2) is 11.4 Å². The number of alkyl halides is 4. The number of esters is 1. The molecule has 14 heteroatoms. The van der Waals surface area contributed by atoms with Crippen molar-refractivity contribution in [3.05, 3.63) is 130 Å². The summed E-state index contributed by atoms with van der Waals surface area (Å²) >= 11 is 0. The number of ether oxygens (including phenoxy) is 3. The second kappa shape index (κ2) is 18.5. The summed E-state index contributed by atoms with van der Waals surface area (Å²) in [6, 6.07) is 14.9. The molecule has 0 saturated heterocycles. The number of nitrogens with zero attached hydrogens (tertiary/aromatic N) is 2. The predicted molar refractivity (Wildman–Crippen MR) is 169 cm³/mol. The minimum atomic E-state index is -2.89. The highest BCUT2D eigenvalue weighted by molar-refractivity contribution is 5.70. The van der Waals surface area contributed by atoms with Gasteiger partial charge in [0.05, 0.1) is 30.9 Å². The van der Waals surface area contributed by atoms with Crippen molar-refractivity contribution in [2.75, 3.05) is 6.61 Å². The lowest BCUT2D eigenvalue weighted by Crippen LogP contribution is -2.07. The van der Waals surface area contributed by atoms with E-state index in [1.807, 2.05) is 0 Å². The van der Waals surface area contributed by atoms with Crippen molar-refractivity contribution in [2.45, 2.75) is 45.5 Å². The van der Waals surface area contributed by atoms with Crippen LogP contribution in [-0.4, -0.2) is 23.7 Å². The molecule has 0 amide bonds. The number of aliphatic carboxylic acids is 1. The number of carbonyl (C=O) groups excluding carboxylic acids is 1. The lowest BCUT2D eigenvalue weighted by molar-refractivity contribution is -0.143. The number of halogens is 6. The molecule has 0 aliphatic rings. The predicted octanol–water partition coefficient (Wildman–Crippen LogP) is 10.7. The van der Waals surface area contributed by atoms with Gasteiger partial charge in [-0.2, -0.15) is 0 Å². The van der Waals surface area contributed by atoms with E-state index in [4.69, 9.17) is 32.5 Å². The largest absolute Gasteiger partial charge is 0.481 e. The Bertz CT molecular complexity index is 1910. The van der Waals surface area contributed by atoms with Gasteiger partial charge in [-0.15, -0.1) is 0 Å². The van der Waals surface area contributed by atoms with E-state index in [1.165, 1.54) is 48.5 Å². The molecule has 260 valence electrons. The van der Waals surface area contributed by atoms with Gasteiger partial charge in [-0.25, -0.2) is 36.0 Å². The van der Waals surface area contributed by atoms with E-state index in [2.05, 4.69) is 9.69 Å². The first-order valence-corrected chi connectivity index (χ1v) is 14.7. The van der Waals surface area contributed by atoms with Crippen LogP contribution in [0.2, 0.25) is 0 Å². The number of benzene rings is 4. The van der Waals surface area contributed by atoms with Crippen molar-refractivity contribution in [3.63, 3.8) is 0 Å². The van der Waals surface area contributed by atoms with Crippen LogP contribution in [0.1, 0.15) is 54.9 Å². The fraction of sp³-hybridized carbons (Fsp3) is 0.222. The highest BCUT2D eigenvalue weighted by Gasteiger charge is 2.22. The Balaban J connectivity index is 0.000000271. The molecule has 0 aliphatic heterocycles. The van der Waals surface area contributed by atoms with Crippen LogP contribution in [0.4, 0.5) is 37.7 Å². The van der Waals surface area contributed by atoms with Crippen molar-refractivity contribution in [2.24, 2.45) is 0 Å². The fourth-order valence-corrected chi connectivity index (χ4v) is 4.60. The number of carboxylic acid groups (broad SMARTS) is 1. The summed E-state index contributed by atoms with van der Waals surface area (Å²) < 4.78 is 96.4. The molecule has 50 heavy (non-hydrogen) atoms. The molecular weight excluding hydrogens is 670 g/mol. The minimum Gasteiger partial charge on any atom is -0.481 e. The van der Waals surface area contributed by atoms with Gasteiger partial charge < -0.3 is 19.3 Å². The molecule has 0 fully saturated rings. The van der Waals surface area contributed by atoms with Gasteiger partial charge in [0.25, 0.3) is 12.9 Å². The van der Waals surface area contributed by atoms with E-state index < -0.39 is 42.0 Å². The van der Waals surface area contributed by atoms with Gasteiger partial charge in [0.2, 0.25) is 0 Å². The third-order valence-corrected chi connectivity index (χ3v) is 6.69. The maximum atomic E-state index is 13.6. The second-order valence-corrected chi connectivity index (χ2v) is 10.2. The van der Waals surface area contributed by atoms with Crippen molar-refractivity contribution < 1.29 is 55.2 Å². The van der Waals surface area contributed by atoms with Crippen molar-refractivity contribution >= 4 is 23.3 Å². The van der Waals surface area contributed by atoms with Crippen LogP contribution in [-0.2, 0) is 27.2 Å². The zero-order valence-corrected chi connectivity index (χ0v) is 26.3. The van der Waals surface area contributed by atoms with E-state index in [0.717, 1.165) is 24.3 Å². The van der Waals surface area contributed by atoms with Crippen LogP contribution < -0.4 is 9.47 Å². The van der Waals surface area contributed by atoms with Crippen molar-refractivity contribution in [1.29, 1.82) is 0 Å². The van der Waals surface area contributed by atoms with E-state index in [0.29, 0.717) is 0 Å². The topological polar surface area (TPSA) is 90.8 Å². The molecule has 0 atom stereocenters. The Kier molecular flexibility index (Phi) is 14.2. The third kappa shape index (κ3) is 11.3. The van der Waals surface area contributed by atoms with Gasteiger partial charge in [0, 0.05) is 25.0 Å². The Morgan fingerprint density at radius 3 is 1.54 bits per heavy atom. The van der Waals surface area contributed by atoms with Gasteiger partial charge in [0.1, 0.15) is 34.6 Å². The summed E-state index contributed by atoms with van der Waals surface area (Å²) in [5, 5.41) is 8.71. The normalized spacial score (nSPS) is 10.5. The lowest BCUT2D eigenvalue weighted by Gasteiger charge is -2.15. The van der Waals surface area contributed by atoms with E-state index in [1.54, 1.807) is 6.92 Å². The molecule has 1 N–H and O–H groups in total. The molecule has 0 bridgehead atoms. The lowest BCUT2D eigenvalue weighted by atomic mass is 10.0. The second-order valence-electron chi connectivity index (χ2n) is 10.2. The number of hydrogen-bond donors (Lipinski definition) is 1. The number of rotatable bonds is 13. The first-order valence-electron chi connectivity index (χ1n) is 14.7. The van der Waals surface area contributed by atoms with Crippen LogP contribution in [0.15, 0.2) is 72.8 Å². The zero-order chi connectivity index (χ0) is 36.8. The summed E-state index contributed by atoms with van der Waals surface area (Å²) in [6.45, 7) is 15.7. The van der Waals surface area contributed by atoms with Gasteiger partial charge in [-0.3, -0.25) is 9.59 Å². The summed E-state index contributed by atoms with van der Waals surface area (Å²) in [7, 11) is 0. The maximum absolute atomic E-state index is 13.6. The molecule has 0 saturated carbocycles. The quantitative estimate of drug-likeness (QED) is 0.0849. The maximum Gasteiger partial charge on any atom is 0.306 e. The van der Waals surface area contributed by atoms with Crippen LogP contribution in [0.25, 0.3) is 9.69 Å². The third-order valence-electron chi connectivity index (χ3n) is 6.69. The SMILES string of the molecule is [C-]#[N+]c1cc(F)cc(Oc2cccc(CCC(=O)O)c2C(F)F)c1.[C-]#[N+]c1cc(F)cc(Oc2cccc(CCC(=O)OCC)c2C(F)F)c1. The molecule has 0 heterocycles. The van der Waals surface area contributed by atoms with Crippen LogP contribution in [0, 0.1) is 24.8 Å². The van der Waals surface area contributed by atoms with Crippen LogP contribution in [0.5, 0.6) is 23.0 Å². The first-order chi connectivity index (χ1) is 23.8.